The first-order valence-electron chi connectivity index (χ1n) is 6.89. The van der Waals surface area contributed by atoms with Crippen molar-refractivity contribution < 1.29 is 9.50 Å². The molecule has 0 saturated heterocycles. The van der Waals surface area contributed by atoms with E-state index in [4.69, 9.17) is 0 Å². The number of benzene rings is 1. The molecule has 0 fully saturated rings. The summed E-state index contributed by atoms with van der Waals surface area (Å²) in [6.45, 7) is 6.56. The average molecular weight is 268 g/mol. The SMILES string of the molecule is CCC(C)N(C)CCNCC(O)c1cccc(F)c1. The molecule has 1 aromatic rings. The lowest BCUT2D eigenvalue weighted by Crippen LogP contribution is -2.36. The lowest BCUT2D eigenvalue weighted by Gasteiger charge is -2.23. The number of halogens is 1. The number of aliphatic hydroxyl groups is 1. The molecule has 0 bridgehead atoms. The second-order valence-corrected chi connectivity index (χ2v) is 5.01. The van der Waals surface area contributed by atoms with Crippen LogP contribution in [0.4, 0.5) is 4.39 Å². The maximum Gasteiger partial charge on any atom is 0.123 e. The maximum absolute atomic E-state index is 13.0. The van der Waals surface area contributed by atoms with Gasteiger partial charge in [-0.2, -0.15) is 0 Å². The predicted molar refractivity (Wildman–Crippen MR) is 76.6 cm³/mol. The molecule has 19 heavy (non-hydrogen) atoms. The Hall–Kier alpha value is -0.970. The third-order valence-electron chi connectivity index (χ3n) is 3.56. The van der Waals surface area contributed by atoms with E-state index in [0.717, 1.165) is 19.5 Å². The van der Waals surface area contributed by atoms with Gasteiger partial charge in [0.2, 0.25) is 0 Å². The fourth-order valence-corrected chi connectivity index (χ4v) is 1.86. The van der Waals surface area contributed by atoms with Gasteiger partial charge in [-0.25, -0.2) is 4.39 Å². The van der Waals surface area contributed by atoms with Crippen LogP contribution in [0.3, 0.4) is 0 Å². The fraction of sp³-hybridized carbons (Fsp3) is 0.600. The van der Waals surface area contributed by atoms with Crippen LogP contribution in [-0.4, -0.2) is 42.7 Å². The van der Waals surface area contributed by atoms with Gasteiger partial charge in [0.15, 0.2) is 0 Å². The van der Waals surface area contributed by atoms with E-state index in [-0.39, 0.29) is 5.82 Å². The molecule has 0 radical (unpaired) electrons. The molecular weight excluding hydrogens is 243 g/mol. The minimum absolute atomic E-state index is 0.312. The second kappa shape index (κ2) is 8.25. The lowest BCUT2D eigenvalue weighted by molar-refractivity contribution is 0.170. The van der Waals surface area contributed by atoms with Crippen molar-refractivity contribution in [2.45, 2.75) is 32.4 Å². The normalized spacial score (nSPS) is 14.6. The summed E-state index contributed by atoms with van der Waals surface area (Å²) in [6.07, 6.45) is 0.465. The number of nitrogens with one attached hydrogen (secondary N) is 1. The third-order valence-corrected chi connectivity index (χ3v) is 3.56. The number of hydrogen-bond acceptors (Lipinski definition) is 3. The monoisotopic (exact) mass is 268 g/mol. The zero-order valence-electron chi connectivity index (χ0n) is 12.1. The molecule has 2 N–H and O–H groups in total. The van der Waals surface area contributed by atoms with Crippen molar-refractivity contribution in [2.75, 3.05) is 26.7 Å². The number of likely N-dealkylation sites (N-methyl/N-ethyl adjacent to an activating group) is 1. The zero-order valence-corrected chi connectivity index (χ0v) is 12.1. The molecule has 0 aliphatic heterocycles. The fourth-order valence-electron chi connectivity index (χ4n) is 1.86. The number of hydrogen-bond donors (Lipinski definition) is 2. The summed E-state index contributed by atoms with van der Waals surface area (Å²) in [4.78, 5) is 2.28. The van der Waals surface area contributed by atoms with E-state index in [1.54, 1.807) is 12.1 Å². The number of aliphatic hydroxyl groups excluding tert-OH is 1. The van der Waals surface area contributed by atoms with E-state index < -0.39 is 6.10 Å². The summed E-state index contributed by atoms with van der Waals surface area (Å²) >= 11 is 0. The molecular formula is C15H25FN2O. The van der Waals surface area contributed by atoms with E-state index in [2.05, 4.69) is 31.1 Å². The van der Waals surface area contributed by atoms with Crippen LogP contribution in [0.2, 0.25) is 0 Å². The molecule has 0 amide bonds. The van der Waals surface area contributed by atoms with Crippen molar-refractivity contribution in [3.63, 3.8) is 0 Å². The van der Waals surface area contributed by atoms with Gasteiger partial charge in [0.05, 0.1) is 6.10 Å². The summed E-state index contributed by atoms with van der Waals surface area (Å²) in [6, 6.07) is 6.67. The molecule has 108 valence electrons. The van der Waals surface area contributed by atoms with Crippen molar-refractivity contribution in [3.05, 3.63) is 35.6 Å². The second-order valence-electron chi connectivity index (χ2n) is 5.01. The Morgan fingerprint density at radius 3 is 2.79 bits per heavy atom. The smallest absolute Gasteiger partial charge is 0.123 e. The van der Waals surface area contributed by atoms with Gasteiger partial charge in [-0.1, -0.05) is 19.1 Å². The van der Waals surface area contributed by atoms with Crippen LogP contribution < -0.4 is 5.32 Å². The number of rotatable bonds is 8. The molecule has 2 atom stereocenters. The van der Waals surface area contributed by atoms with Crippen LogP contribution in [0.25, 0.3) is 0 Å². The van der Waals surface area contributed by atoms with Gasteiger partial charge < -0.3 is 15.3 Å². The van der Waals surface area contributed by atoms with Crippen molar-refractivity contribution in [3.8, 4) is 0 Å². The largest absolute Gasteiger partial charge is 0.387 e. The standard InChI is InChI=1S/C15H25FN2O/c1-4-12(2)18(3)9-8-17-11-15(19)13-6-5-7-14(16)10-13/h5-7,10,12,15,17,19H,4,8-9,11H2,1-3H3. The minimum atomic E-state index is -0.662. The minimum Gasteiger partial charge on any atom is -0.387 e. The van der Waals surface area contributed by atoms with E-state index in [1.807, 2.05) is 0 Å². The Morgan fingerprint density at radius 1 is 1.42 bits per heavy atom. The van der Waals surface area contributed by atoms with E-state index in [0.29, 0.717) is 18.2 Å². The lowest BCUT2D eigenvalue weighted by atomic mass is 10.1. The van der Waals surface area contributed by atoms with Crippen LogP contribution in [0.1, 0.15) is 31.9 Å². The van der Waals surface area contributed by atoms with Gasteiger partial charge in [-0.3, -0.25) is 0 Å². The van der Waals surface area contributed by atoms with Gasteiger partial charge in [-0.15, -0.1) is 0 Å². The Labute approximate surface area is 115 Å². The average Bonchev–Trinajstić information content (AvgIpc) is 2.42. The van der Waals surface area contributed by atoms with Crippen LogP contribution >= 0.6 is 0 Å². The van der Waals surface area contributed by atoms with Gasteiger partial charge in [-0.05, 0) is 38.1 Å². The van der Waals surface area contributed by atoms with Crippen molar-refractivity contribution >= 4 is 0 Å². The van der Waals surface area contributed by atoms with Crippen LogP contribution in [0.15, 0.2) is 24.3 Å². The van der Waals surface area contributed by atoms with Crippen molar-refractivity contribution in [1.82, 2.24) is 10.2 Å². The molecule has 1 aromatic carbocycles. The van der Waals surface area contributed by atoms with E-state index >= 15 is 0 Å². The Kier molecular flexibility index (Phi) is 6.99. The quantitative estimate of drug-likeness (QED) is 0.709. The Bertz CT molecular complexity index is 373. The molecule has 1 rings (SSSR count). The first-order valence-corrected chi connectivity index (χ1v) is 6.89. The first-order chi connectivity index (χ1) is 9.04. The van der Waals surface area contributed by atoms with E-state index in [9.17, 15) is 9.50 Å². The highest BCUT2D eigenvalue weighted by atomic mass is 19.1. The van der Waals surface area contributed by atoms with Gasteiger partial charge in [0.1, 0.15) is 5.82 Å². The molecule has 0 aliphatic carbocycles. The number of nitrogens with zero attached hydrogens (tertiary/aromatic N) is 1. The summed E-state index contributed by atoms with van der Waals surface area (Å²) < 4.78 is 13.0. The molecule has 4 heteroatoms. The third kappa shape index (κ3) is 5.68. The highest BCUT2D eigenvalue weighted by Gasteiger charge is 2.09. The Balaban J connectivity index is 2.26. The maximum atomic E-state index is 13.0. The molecule has 0 aliphatic rings. The van der Waals surface area contributed by atoms with Gasteiger partial charge >= 0.3 is 0 Å². The summed E-state index contributed by atoms with van der Waals surface area (Å²) in [7, 11) is 2.10. The highest BCUT2D eigenvalue weighted by Crippen LogP contribution is 2.12. The van der Waals surface area contributed by atoms with Crippen molar-refractivity contribution in [1.29, 1.82) is 0 Å². The van der Waals surface area contributed by atoms with E-state index in [1.165, 1.54) is 12.1 Å². The van der Waals surface area contributed by atoms with Crippen molar-refractivity contribution in [2.24, 2.45) is 0 Å². The molecule has 0 saturated carbocycles. The molecule has 0 spiro atoms. The topological polar surface area (TPSA) is 35.5 Å². The summed E-state index contributed by atoms with van der Waals surface area (Å²) in [5.41, 5.74) is 0.614. The van der Waals surface area contributed by atoms with Gasteiger partial charge in [0.25, 0.3) is 0 Å². The van der Waals surface area contributed by atoms with Gasteiger partial charge in [0, 0.05) is 25.7 Å². The molecule has 3 nitrogen and oxygen atoms in total. The summed E-state index contributed by atoms with van der Waals surface area (Å²) in [5.74, 6) is -0.312. The molecule has 2 unspecified atom stereocenters. The zero-order chi connectivity index (χ0) is 14.3. The van der Waals surface area contributed by atoms with Crippen LogP contribution in [0, 0.1) is 5.82 Å². The Morgan fingerprint density at radius 2 is 2.16 bits per heavy atom. The molecule has 0 heterocycles. The summed E-state index contributed by atoms with van der Waals surface area (Å²) in [5, 5.41) is 13.1. The first kappa shape index (κ1) is 16.1. The molecule has 0 aromatic heterocycles. The van der Waals surface area contributed by atoms with Crippen LogP contribution in [-0.2, 0) is 0 Å². The van der Waals surface area contributed by atoms with Crippen LogP contribution in [0.5, 0.6) is 0 Å². The highest BCUT2D eigenvalue weighted by molar-refractivity contribution is 5.18. The predicted octanol–water partition coefficient (Wildman–Crippen LogP) is 2.18.